The number of aromatic nitrogens is 2. The predicted molar refractivity (Wildman–Crippen MR) is 89.3 cm³/mol. The minimum atomic E-state index is -2.58. The average Bonchev–Trinajstić information content (AvgIpc) is 3.12. The van der Waals surface area contributed by atoms with E-state index in [1.807, 2.05) is 0 Å². The van der Waals surface area contributed by atoms with Crippen LogP contribution >= 0.6 is 0 Å². The van der Waals surface area contributed by atoms with Crippen LogP contribution in [0.5, 0.6) is 5.75 Å². The maximum absolute atomic E-state index is 12.4. The fourth-order valence-corrected chi connectivity index (χ4v) is 2.76. The van der Waals surface area contributed by atoms with Crippen LogP contribution in [-0.2, 0) is 0 Å². The predicted octanol–water partition coefficient (Wildman–Crippen LogP) is 2.70. The van der Waals surface area contributed by atoms with Crippen molar-refractivity contribution in [2.24, 2.45) is 0 Å². The van der Waals surface area contributed by atoms with E-state index >= 15 is 0 Å². The number of alkyl halides is 2. The Hall–Kier alpha value is -2.48. The van der Waals surface area contributed by atoms with Crippen molar-refractivity contribution in [3.8, 4) is 5.75 Å². The molecular weight excluding hydrogens is 330 g/mol. The first kappa shape index (κ1) is 17.3. The van der Waals surface area contributed by atoms with Crippen LogP contribution in [0, 0.1) is 0 Å². The Morgan fingerprint density at radius 2 is 2.24 bits per heavy atom. The maximum atomic E-state index is 12.4. The van der Waals surface area contributed by atoms with Gasteiger partial charge in [0.05, 0.1) is 11.7 Å². The largest absolute Gasteiger partial charge is 0.485 e. The van der Waals surface area contributed by atoms with Crippen molar-refractivity contribution in [2.45, 2.75) is 25.3 Å². The molecule has 2 N–H and O–H groups in total. The van der Waals surface area contributed by atoms with Crippen molar-refractivity contribution in [3.63, 3.8) is 0 Å². The average molecular weight is 350 g/mol. The van der Waals surface area contributed by atoms with Crippen LogP contribution in [0.2, 0.25) is 0 Å². The van der Waals surface area contributed by atoms with E-state index in [0.717, 1.165) is 25.9 Å². The zero-order valence-electron chi connectivity index (χ0n) is 13.6. The highest BCUT2D eigenvalue weighted by Crippen LogP contribution is 2.25. The molecule has 0 bridgehead atoms. The second-order valence-corrected chi connectivity index (χ2v) is 5.83. The van der Waals surface area contributed by atoms with E-state index in [-0.39, 0.29) is 17.5 Å². The van der Waals surface area contributed by atoms with Crippen molar-refractivity contribution < 1.29 is 18.3 Å². The number of nitrogens with zero attached hydrogens (tertiary/aromatic N) is 2. The number of carbonyl (C=O) groups excluding carboxylic acids is 1. The maximum Gasteiger partial charge on any atom is 0.276 e. The highest BCUT2D eigenvalue weighted by atomic mass is 19.3. The van der Waals surface area contributed by atoms with Crippen LogP contribution in [0.4, 0.5) is 14.5 Å². The molecule has 0 spiro atoms. The molecule has 0 saturated carbocycles. The van der Waals surface area contributed by atoms with Gasteiger partial charge in [-0.25, -0.2) is 8.78 Å². The third-order valence-electron chi connectivity index (χ3n) is 3.99. The number of halogens is 2. The molecule has 0 aliphatic carbocycles. The Bertz CT molecular complexity index is 714. The summed E-state index contributed by atoms with van der Waals surface area (Å²) in [7, 11) is 0. The normalized spacial score (nSPS) is 17.5. The van der Waals surface area contributed by atoms with Gasteiger partial charge in [0, 0.05) is 12.7 Å². The summed E-state index contributed by atoms with van der Waals surface area (Å²) in [6.45, 7) is 1.10. The first-order valence-corrected chi connectivity index (χ1v) is 8.20. The first-order chi connectivity index (χ1) is 12.1. The molecule has 1 saturated heterocycles. The zero-order chi connectivity index (χ0) is 17.6. The molecule has 1 amide bonds. The molecule has 1 aliphatic rings. The van der Waals surface area contributed by atoms with Gasteiger partial charge in [-0.2, -0.15) is 5.10 Å². The Kier molecular flexibility index (Phi) is 5.60. The molecule has 3 rings (SSSR count). The summed E-state index contributed by atoms with van der Waals surface area (Å²) in [4.78, 5) is 12.4. The van der Waals surface area contributed by atoms with E-state index in [2.05, 4.69) is 15.7 Å². The molecule has 25 heavy (non-hydrogen) atoms. The van der Waals surface area contributed by atoms with E-state index in [0.29, 0.717) is 5.69 Å². The van der Waals surface area contributed by atoms with E-state index < -0.39 is 18.9 Å². The molecule has 8 heteroatoms. The van der Waals surface area contributed by atoms with Crippen LogP contribution in [-0.4, -0.2) is 41.8 Å². The lowest BCUT2D eigenvalue weighted by molar-refractivity contribution is 0.0822. The van der Waals surface area contributed by atoms with Crippen LogP contribution in [0.1, 0.15) is 29.4 Å². The summed E-state index contributed by atoms with van der Waals surface area (Å²) >= 11 is 0. The van der Waals surface area contributed by atoms with Gasteiger partial charge in [-0.1, -0.05) is 12.1 Å². The molecule has 1 atom stereocenters. The lowest BCUT2D eigenvalue weighted by Crippen LogP contribution is -2.32. The molecule has 134 valence electrons. The topological polar surface area (TPSA) is 68.2 Å². The van der Waals surface area contributed by atoms with Crippen LogP contribution in [0.3, 0.4) is 0 Å². The number of piperidine rings is 1. The van der Waals surface area contributed by atoms with Gasteiger partial charge in [0.15, 0.2) is 5.69 Å². The van der Waals surface area contributed by atoms with Gasteiger partial charge < -0.3 is 15.4 Å². The number of benzene rings is 1. The van der Waals surface area contributed by atoms with Gasteiger partial charge in [0.1, 0.15) is 12.4 Å². The third-order valence-corrected chi connectivity index (χ3v) is 3.99. The molecule has 1 aromatic carbocycles. The van der Waals surface area contributed by atoms with Crippen LogP contribution < -0.4 is 15.4 Å². The van der Waals surface area contributed by atoms with E-state index in [1.54, 1.807) is 35.1 Å². The van der Waals surface area contributed by atoms with Gasteiger partial charge in [0.25, 0.3) is 12.3 Å². The summed E-state index contributed by atoms with van der Waals surface area (Å²) in [6.07, 6.45) is 1.29. The highest BCUT2D eigenvalue weighted by Gasteiger charge is 2.18. The van der Waals surface area contributed by atoms with Gasteiger partial charge in [-0.3, -0.25) is 9.48 Å². The molecule has 0 radical (unpaired) electrons. The van der Waals surface area contributed by atoms with Crippen LogP contribution in [0.15, 0.2) is 36.5 Å². The number of nitrogens with one attached hydrogen (secondary N) is 2. The van der Waals surface area contributed by atoms with E-state index in [1.165, 1.54) is 6.07 Å². The van der Waals surface area contributed by atoms with Gasteiger partial charge in [-0.05, 0) is 37.6 Å². The Balaban J connectivity index is 1.67. The monoisotopic (exact) mass is 350 g/mol. The molecule has 2 aromatic rings. The van der Waals surface area contributed by atoms with Gasteiger partial charge in [-0.15, -0.1) is 0 Å². The number of amides is 1. The van der Waals surface area contributed by atoms with Crippen molar-refractivity contribution in [1.29, 1.82) is 0 Å². The quantitative estimate of drug-likeness (QED) is 0.841. The SMILES string of the molecule is O=C(Nc1ccccc1OCC(F)F)c1ccn(C2CCCNC2)n1. The lowest BCUT2D eigenvalue weighted by Gasteiger charge is -2.22. The number of ether oxygens (including phenoxy) is 1. The summed E-state index contributed by atoms with van der Waals surface area (Å²) in [5.41, 5.74) is 0.608. The molecule has 2 heterocycles. The van der Waals surface area contributed by atoms with Crippen LogP contribution in [0.25, 0.3) is 0 Å². The number of hydrogen-bond acceptors (Lipinski definition) is 4. The van der Waals surface area contributed by atoms with E-state index in [4.69, 9.17) is 4.74 Å². The lowest BCUT2D eigenvalue weighted by atomic mass is 10.1. The number of anilines is 1. The molecule has 1 fully saturated rings. The number of para-hydroxylation sites is 2. The van der Waals surface area contributed by atoms with Crippen molar-refractivity contribution in [2.75, 3.05) is 25.0 Å². The van der Waals surface area contributed by atoms with Crippen molar-refractivity contribution in [3.05, 3.63) is 42.2 Å². The third kappa shape index (κ3) is 4.54. The highest BCUT2D eigenvalue weighted by molar-refractivity contribution is 6.03. The minimum Gasteiger partial charge on any atom is -0.485 e. The van der Waals surface area contributed by atoms with Gasteiger partial charge in [0.2, 0.25) is 0 Å². The standard InChI is InChI=1S/C17H20F2N4O2/c18-16(19)11-25-15-6-2-1-5-13(15)21-17(24)14-7-9-23(22-14)12-4-3-8-20-10-12/h1-2,5-7,9,12,16,20H,3-4,8,10-11H2,(H,21,24). The Morgan fingerprint density at radius 1 is 1.40 bits per heavy atom. The van der Waals surface area contributed by atoms with Gasteiger partial charge >= 0.3 is 0 Å². The fraction of sp³-hybridized carbons (Fsp3) is 0.412. The van der Waals surface area contributed by atoms with E-state index in [9.17, 15) is 13.6 Å². The summed E-state index contributed by atoms with van der Waals surface area (Å²) in [5.74, 6) is -0.206. The molecule has 1 aliphatic heterocycles. The smallest absolute Gasteiger partial charge is 0.276 e. The fourth-order valence-electron chi connectivity index (χ4n) is 2.76. The summed E-state index contributed by atoms with van der Waals surface area (Å²) in [5, 5.41) is 10.3. The molecule has 1 aromatic heterocycles. The van der Waals surface area contributed by atoms with Crippen molar-refractivity contribution >= 4 is 11.6 Å². The Morgan fingerprint density at radius 3 is 3.00 bits per heavy atom. The number of hydrogen-bond donors (Lipinski definition) is 2. The minimum absolute atomic E-state index is 0.201. The second-order valence-electron chi connectivity index (χ2n) is 5.83. The van der Waals surface area contributed by atoms with Crippen molar-refractivity contribution in [1.82, 2.24) is 15.1 Å². The molecule has 6 nitrogen and oxygen atoms in total. The number of rotatable bonds is 6. The summed E-state index contributed by atoms with van der Waals surface area (Å²) < 4.78 is 31.5. The molecular formula is C17H20F2N4O2. The molecule has 1 unspecified atom stereocenters. The Labute approximate surface area is 144 Å². The first-order valence-electron chi connectivity index (χ1n) is 8.20. The second kappa shape index (κ2) is 8.06. The zero-order valence-corrected chi connectivity index (χ0v) is 13.6. The number of carbonyl (C=O) groups is 1. The summed E-state index contributed by atoms with van der Waals surface area (Å²) in [6, 6.07) is 8.35.